The summed E-state index contributed by atoms with van der Waals surface area (Å²) in [4.78, 5) is 26.1. The Balaban J connectivity index is 1.36. The standard InChI is InChI=1S/C23H18N4O2S2/c28-21(16-8-3-1-4-9-16)24-18-11-7-10-17(14-18)22(29)25-23-27-26-20(31-23)15-30-19-12-5-2-6-13-19/h1-14H,15H2,(H,24,28)(H,25,27,29). The van der Waals surface area contributed by atoms with Crippen molar-refractivity contribution in [2.24, 2.45) is 0 Å². The number of thioether (sulfide) groups is 1. The first-order chi connectivity index (χ1) is 15.2. The maximum Gasteiger partial charge on any atom is 0.257 e. The molecule has 0 spiro atoms. The average Bonchev–Trinajstić information content (AvgIpc) is 3.26. The second-order valence-electron chi connectivity index (χ2n) is 6.46. The largest absolute Gasteiger partial charge is 0.322 e. The highest BCUT2D eigenvalue weighted by Crippen LogP contribution is 2.26. The normalized spacial score (nSPS) is 10.5. The van der Waals surface area contributed by atoms with Crippen molar-refractivity contribution in [1.82, 2.24) is 10.2 Å². The maximum absolute atomic E-state index is 12.6. The van der Waals surface area contributed by atoms with E-state index in [1.165, 1.54) is 11.3 Å². The van der Waals surface area contributed by atoms with Crippen molar-refractivity contribution in [1.29, 1.82) is 0 Å². The number of benzene rings is 3. The summed E-state index contributed by atoms with van der Waals surface area (Å²) >= 11 is 3.01. The van der Waals surface area contributed by atoms with Crippen molar-refractivity contribution in [3.63, 3.8) is 0 Å². The average molecular weight is 447 g/mol. The van der Waals surface area contributed by atoms with E-state index in [2.05, 4.69) is 20.8 Å². The molecule has 31 heavy (non-hydrogen) atoms. The van der Waals surface area contributed by atoms with Crippen LogP contribution in [0.5, 0.6) is 0 Å². The quantitative estimate of drug-likeness (QED) is 0.375. The molecule has 0 unspecified atom stereocenters. The van der Waals surface area contributed by atoms with Gasteiger partial charge in [-0.3, -0.25) is 14.9 Å². The van der Waals surface area contributed by atoms with Crippen LogP contribution in [0.3, 0.4) is 0 Å². The number of hydrogen-bond acceptors (Lipinski definition) is 6. The molecule has 3 aromatic carbocycles. The highest BCUT2D eigenvalue weighted by atomic mass is 32.2. The topological polar surface area (TPSA) is 84.0 Å². The number of nitrogens with zero attached hydrogens (tertiary/aromatic N) is 2. The van der Waals surface area contributed by atoms with Crippen molar-refractivity contribution in [3.05, 3.63) is 101 Å². The molecule has 0 aliphatic rings. The molecule has 6 nitrogen and oxygen atoms in total. The summed E-state index contributed by atoms with van der Waals surface area (Å²) in [6.07, 6.45) is 0. The van der Waals surface area contributed by atoms with Crippen LogP contribution in [-0.4, -0.2) is 22.0 Å². The van der Waals surface area contributed by atoms with E-state index in [1.807, 2.05) is 36.4 Å². The van der Waals surface area contributed by atoms with Gasteiger partial charge in [-0.15, -0.1) is 22.0 Å². The van der Waals surface area contributed by atoms with Crippen LogP contribution in [0, 0.1) is 0 Å². The minimum atomic E-state index is -0.311. The Morgan fingerprint density at radius 2 is 1.45 bits per heavy atom. The number of hydrogen-bond donors (Lipinski definition) is 2. The molecule has 0 atom stereocenters. The molecule has 2 amide bonds. The molecule has 0 fully saturated rings. The first-order valence-electron chi connectivity index (χ1n) is 9.45. The predicted molar refractivity (Wildman–Crippen MR) is 125 cm³/mol. The second kappa shape index (κ2) is 10.0. The monoisotopic (exact) mass is 446 g/mol. The van der Waals surface area contributed by atoms with Crippen LogP contribution in [-0.2, 0) is 5.75 Å². The summed E-state index contributed by atoms with van der Waals surface area (Å²) in [6, 6.07) is 25.7. The Labute approximate surface area is 187 Å². The molecule has 0 aliphatic carbocycles. The fourth-order valence-electron chi connectivity index (χ4n) is 2.72. The van der Waals surface area contributed by atoms with Crippen molar-refractivity contribution in [2.45, 2.75) is 10.6 Å². The lowest BCUT2D eigenvalue weighted by Crippen LogP contribution is -2.14. The first kappa shape index (κ1) is 20.8. The van der Waals surface area contributed by atoms with Gasteiger partial charge in [-0.25, -0.2) is 0 Å². The third kappa shape index (κ3) is 5.78. The van der Waals surface area contributed by atoms with Gasteiger partial charge in [0.25, 0.3) is 11.8 Å². The molecule has 154 valence electrons. The van der Waals surface area contributed by atoms with Crippen molar-refractivity contribution in [2.75, 3.05) is 10.6 Å². The van der Waals surface area contributed by atoms with Crippen LogP contribution in [0.1, 0.15) is 25.7 Å². The lowest BCUT2D eigenvalue weighted by molar-refractivity contribution is 0.101. The Bertz CT molecular complexity index is 1180. The van der Waals surface area contributed by atoms with Crippen LogP contribution < -0.4 is 10.6 Å². The van der Waals surface area contributed by atoms with Crippen molar-refractivity contribution >= 4 is 45.7 Å². The smallest absolute Gasteiger partial charge is 0.257 e. The van der Waals surface area contributed by atoms with Crippen LogP contribution in [0.2, 0.25) is 0 Å². The lowest BCUT2D eigenvalue weighted by atomic mass is 10.1. The van der Waals surface area contributed by atoms with E-state index in [-0.39, 0.29) is 11.8 Å². The third-order valence-corrected chi connectivity index (χ3v) is 6.26. The summed E-state index contributed by atoms with van der Waals surface area (Å²) < 4.78 is 0. The molecule has 4 rings (SSSR count). The number of carbonyl (C=O) groups excluding carboxylic acids is 2. The molecular formula is C23H18N4O2S2. The summed E-state index contributed by atoms with van der Waals surface area (Å²) in [5.41, 5.74) is 1.51. The van der Waals surface area contributed by atoms with Gasteiger partial charge in [0.2, 0.25) is 5.13 Å². The van der Waals surface area contributed by atoms with Crippen LogP contribution >= 0.6 is 23.1 Å². The molecule has 0 saturated heterocycles. The third-order valence-electron chi connectivity index (χ3n) is 4.21. The van der Waals surface area contributed by atoms with Crippen molar-refractivity contribution < 1.29 is 9.59 Å². The highest BCUT2D eigenvalue weighted by Gasteiger charge is 2.12. The Morgan fingerprint density at radius 3 is 2.23 bits per heavy atom. The number of amides is 2. The number of anilines is 2. The fraction of sp³-hybridized carbons (Fsp3) is 0.0435. The van der Waals surface area contributed by atoms with Gasteiger partial charge in [-0.1, -0.05) is 53.8 Å². The molecule has 8 heteroatoms. The minimum absolute atomic E-state index is 0.233. The van der Waals surface area contributed by atoms with Gasteiger partial charge in [0.1, 0.15) is 5.01 Å². The van der Waals surface area contributed by atoms with Gasteiger partial charge < -0.3 is 5.32 Å². The molecule has 0 bridgehead atoms. The Morgan fingerprint density at radius 1 is 0.774 bits per heavy atom. The molecule has 0 aliphatic heterocycles. The van der Waals surface area contributed by atoms with Gasteiger partial charge in [0, 0.05) is 21.7 Å². The summed E-state index contributed by atoms with van der Waals surface area (Å²) in [6.45, 7) is 0. The summed E-state index contributed by atoms with van der Waals surface area (Å²) in [5, 5.41) is 15.0. The van der Waals surface area contributed by atoms with E-state index in [9.17, 15) is 9.59 Å². The summed E-state index contributed by atoms with van der Waals surface area (Å²) in [7, 11) is 0. The second-order valence-corrected chi connectivity index (χ2v) is 8.57. The molecule has 0 radical (unpaired) electrons. The van der Waals surface area contributed by atoms with Gasteiger partial charge in [0.15, 0.2) is 0 Å². The zero-order valence-electron chi connectivity index (χ0n) is 16.3. The Hall–Kier alpha value is -3.49. The molecule has 0 saturated carbocycles. The number of carbonyl (C=O) groups is 2. The van der Waals surface area contributed by atoms with E-state index in [4.69, 9.17) is 0 Å². The zero-order chi connectivity index (χ0) is 21.5. The SMILES string of the molecule is O=C(Nc1cccc(C(=O)Nc2nnc(CSc3ccccc3)s2)c1)c1ccccc1. The van der Waals surface area contributed by atoms with E-state index in [0.29, 0.717) is 27.7 Å². The number of aromatic nitrogens is 2. The van der Waals surface area contributed by atoms with Crippen LogP contribution in [0.15, 0.2) is 89.8 Å². The lowest BCUT2D eigenvalue weighted by Gasteiger charge is -2.07. The maximum atomic E-state index is 12.6. The van der Waals surface area contributed by atoms with Crippen molar-refractivity contribution in [3.8, 4) is 0 Å². The zero-order valence-corrected chi connectivity index (χ0v) is 18.0. The molecule has 2 N–H and O–H groups in total. The predicted octanol–water partition coefficient (Wildman–Crippen LogP) is 5.34. The summed E-state index contributed by atoms with van der Waals surface area (Å²) in [5.74, 6) is 0.135. The molecule has 1 heterocycles. The van der Waals surface area contributed by atoms with Gasteiger partial charge in [-0.2, -0.15) is 0 Å². The minimum Gasteiger partial charge on any atom is -0.322 e. The first-order valence-corrected chi connectivity index (χ1v) is 11.3. The van der Waals surface area contributed by atoms with E-state index < -0.39 is 0 Å². The Kier molecular flexibility index (Phi) is 6.71. The van der Waals surface area contributed by atoms with Crippen LogP contribution in [0.4, 0.5) is 10.8 Å². The van der Waals surface area contributed by atoms with Gasteiger partial charge in [-0.05, 0) is 42.5 Å². The van der Waals surface area contributed by atoms with Crippen LogP contribution in [0.25, 0.3) is 0 Å². The molecule has 4 aromatic rings. The number of nitrogens with one attached hydrogen (secondary N) is 2. The van der Waals surface area contributed by atoms with E-state index in [0.717, 1.165) is 9.90 Å². The highest BCUT2D eigenvalue weighted by molar-refractivity contribution is 7.98. The fourth-order valence-corrected chi connectivity index (χ4v) is 4.36. The van der Waals surface area contributed by atoms with E-state index >= 15 is 0 Å². The molecule has 1 aromatic heterocycles. The van der Waals surface area contributed by atoms with Gasteiger partial charge in [0.05, 0.1) is 5.75 Å². The number of rotatable bonds is 7. The van der Waals surface area contributed by atoms with E-state index in [1.54, 1.807) is 60.3 Å². The van der Waals surface area contributed by atoms with Gasteiger partial charge >= 0.3 is 0 Å². The molecular weight excluding hydrogens is 428 g/mol.